The molecule has 0 saturated carbocycles. The van der Waals surface area contributed by atoms with E-state index in [4.69, 9.17) is 4.98 Å². The molecule has 0 bridgehead atoms. The Labute approximate surface area is 214 Å². The van der Waals surface area contributed by atoms with Gasteiger partial charge in [0.25, 0.3) is 0 Å². The van der Waals surface area contributed by atoms with E-state index in [2.05, 4.69) is 65.0 Å². The maximum absolute atomic E-state index is 12.6. The number of carbonyl (C=O) groups excluding carboxylic acids is 2. The number of hydrogen-bond acceptors (Lipinski definition) is 3. The van der Waals surface area contributed by atoms with E-state index in [1.54, 1.807) is 0 Å². The fourth-order valence-corrected chi connectivity index (χ4v) is 4.64. The standard InChI is InChI=1S/C31H35N3O2/c1-4-5-14-29-33-27-16-15-26(32-30(36)21-31(2,3)17-18-35)20-28(27)34(29)22-23-10-9-13-25(19-23)24-11-7-6-8-12-24/h6-13,15-16,18-19H,4-5,14,17,20-22H2,1-3H3. The summed E-state index contributed by atoms with van der Waals surface area (Å²) in [5, 5.41) is 0. The van der Waals surface area contributed by atoms with Crippen LogP contribution in [0.25, 0.3) is 17.2 Å². The summed E-state index contributed by atoms with van der Waals surface area (Å²) in [7, 11) is 0. The third kappa shape index (κ3) is 6.34. The minimum Gasteiger partial charge on any atom is -0.327 e. The van der Waals surface area contributed by atoms with Crippen LogP contribution in [-0.2, 0) is 29.0 Å². The fraction of sp³-hybridized carbons (Fsp3) is 0.355. The van der Waals surface area contributed by atoms with Crippen molar-refractivity contribution in [3.05, 3.63) is 83.4 Å². The average molecular weight is 482 g/mol. The third-order valence-corrected chi connectivity index (χ3v) is 6.63. The summed E-state index contributed by atoms with van der Waals surface area (Å²) >= 11 is 0. The van der Waals surface area contributed by atoms with Gasteiger partial charge in [0, 0.05) is 32.2 Å². The second kappa shape index (κ2) is 11.4. The largest absolute Gasteiger partial charge is 0.327 e. The molecule has 0 unspecified atom stereocenters. The van der Waals surface area contributed by atoms with Crippen LogP contribution in [0, 0.1) is 5.41 Å². The van der Waals surface area contributed by atoms with Crippen LogP contribution in [0.2, 0.25) is 0 Å². The monoisotopic (exact) mass is 481 g/mol. The van der Waals surface area contributed by atoms with E-state index in [1.807, 2.05) is 32.1 Å². The number of nitrogens with zero attached hydrogens (tertiary/aromatic N) is 3. The number of unbranched alkanes of at least 4 members (excludes halogenated alkanes) is 1. The van der Waals surface area contributed by atoms with Crippen molar-refractivity contribution in [2.75, 3.05) is 0 Å². The lowest BCUT2D eigenvalue weighted by Crippen LogP contribution is -2.19. The second-order valence-electron chi connectivity index (χ2n) is 10.3. The Bertz CT molecular complexity index is 1280. The minimum atomic E-state index is -0.384. The lowest BCUT2D eigenvalue weighted by molar-refractivity contribution is -0.120. The van der Waals surface area contributed by atoms with Crippen molar-refractivity contribution in [2.45, 2.75) is 65.8 Å². The summed E-state index contributed by atoms with van der Waals surface area (Å²) in [5.74, 6) is 0.897. The Hall–Kier alpha value is -3.60. The first-order chi connectivity index (χ1) is 17.4. The second-order valence-corrected chi connectivity index (χ2v) is 10.3. The van der Waals surface area contributed by atoms with Gasteiger partial charge in [-0.15, -0.1) is 0 Å². The van der Waals surface area contributed by atoms with Crippen molar-refractivity contribution < 1.29 is 9.59 Å². The molecule has 0 N–H and O–H groups in total. The molecule has 186 valence electrons. The van der Waals surface area contributed by atoms with Gasteiger partial charge < -0.3 is 9.36 Å². The highest BCUT2D eigenvalue weighted by molar-refractivity contribution is 6.07. The molecule has 0 fully saturated rings. The van der Waals surface area contributed by atoms with Crippen LogP contribution < -0.4 is 0 Å². The zero-order chi connectivity index (χ0) is 25.5. The predicted molar refractivity (Wildman–Crippen MR) is 146 cm³/mol. The van der Waals surface area contributed by atoms with Crippen molar-refractivity contribution in [2.24, 2.45) is 10.4 Å². The summed E-state index contributed by atoms with van der Waals surface area (Å²) in [6, 6.07) is 19.1. The number of aryl methyl sites for hydroxylation is 1. The van der Waals surface area contributed by atoms with Gasteiger partial charge in [0.1, 0.15) is 12.1 Å². The van der Waals surface area contributed by atoms with Gasteiger partial charge in [0.2, 0.25) is 5.91 Å². The number of fused-ring (bicyclic) bond motifs is 1. The number of allylic oxidation sites excluding steroid dienone is 1. The zero-order valence-electron chi connectivity index (χ0n) is 21.5. The first kappa shape index (κ1) is 25.5. The molecule has 1 aliphatic carbocycles. The molecule has 0 spiro atoms. The molecule has 5 nitrogen and oxygen atoms in total. The van der Waals surface area contributed by atoms with Gasteiger partial charge in [0.15, 0.2) is 0 Å². The van der Waals surface area contributed by atoms with Crippen LogP contribution in [0.4, 0.5) is 0 Å². The van der Waals surface area contributed by atoms with E-state index < -0.39 is 0 Å². The van der Waals surface area contributed by atoms with Gasteiger partial charge in [0.05, 0.1) is 17.1 Å². The zero-order valence-corrected chi connectivity index (χ0v) is 21.5. The normalized spacial score (nSPS) is 14.1. The van der Waals surface area contributed by atoms with Crippen LogP contribution in [0.3, 0.4) is 0 Å². The smallest absolute Gasteiger partial charge is 0.246 e. The quantitative estimate of drug-likeness (QED) is 0.311. The minimum absolute atomic E-state index is 0.183. The Morgan fingerprint density at radius 1 is 1.08 bits per heavy atom. The number of aliphatic imine (C=N–C) groups is 1. The number of aromatic nitrogens is 2. The Balaban J connectivity index is 1.61. The molecule has 0 saturated heterocycles. The van der Waals surface area contributed by atoms with Crippen LogP contribution >= 0.6 is 0 Å². The molecule has 3 aromatic rings. The summed E-state index contributed by atoms with van der Waals surface area (Å²) in [6.07, 6.45) is 9.03. The first-order valence-corrected chi connectivity index (χ1v) is 12.8. The molecule has 36 heavy (non-hydrogen) atoms. The highest BCUT2D eigenvalue weighted by Crippen LogP contribution is 2.27. The Morgan fingerprint density at radius 3 is 2.61 bits per heavy atom. The fourth-order valence-electron chi connectivity index (χ4n) is 4.64. The third-order valence-electron chi connectivity index (χ3n) is 6.63. The number of rotatable bonds is 10. The number of carbonyl (C=O) groups is 2. The van der Waals surface area contributed by atoms with Gasteiger partial charge in [-0.05, 0) is 46.7 Å². The number of amides is 1. The summed E-state index contributed by atoms with van der Waals surface area (Å²) in [4.78, 5) is 32.9. The topological polar surface area (TPSA) is 64.3 Å². The molecule has 0 atom stereocenters. The molecule has 1 aromatic heterocycles. The Kier molecular flexibility index (Phi) is 8.09. The molecular formula is C31H35N3O2. The molecule has 1 aliphatic rings. The van der Waals surface area contributed by atoms with Crippen LogP contribution in [0.5, 0.6) is 0 Å². The molecular weight excluding hydrogens is 446 g/mol. The first-order valence-electron chi connectivity index (χ1n) is 12.8. The maximum Gasteiger partial charge on any atom is 0.246 e. The summed E-state index contributed by atoms with van der Waals surface area (Å²) in [6.45, 7) is 6.77. The molecule has 0 radical (unpaired) electrons. The van der Waals surface area contributed by atoms with Gasteiger partial charge in [-0.3, -0.25) is 4.79 Å². The van der Waals surface area contributed by atoms with Gasteiger partial charge in [-0.1, -0.05) is 75.7 Å². The number of hydrogen-bond donors (Lipinski definition) is 0. The van der Waals surface area contributed by atoms with Crippen molar-refractivity contribution in [1.82, 2.24) is 9.55 Å². The molecule has 0 aliphatic heterocycles. The van der Waals surface area contributed by atoms with E-state index in [9.17, 15) is 9.59 Å². The van der Waals surface area contributed by atoms with Crippen molar-refractivity contribution in [3.63, 3.8) is 0 Å². The van der Waals surface area contributed by atoms with E-state index >= 15 is 0 Å². The van der Waals surface area contributed by atoms with Gasteiger partial charge in [-0.25, -0.2) is 9.98 Å². The highest BCUT2D eigenvalue weighted by atomic mass is 16.1. The Morgan fingerprint density at radius 2 is 1.86 bits per heavy atom. The van der Waals surface area contributed by atoms with Crippen molar-refractivity contribution in [3.8, 4) is 11.1 Å². The molecule has 2 aromatic carbocycles. The van der Waals surface area contributed by atoms with E-state index in [-0.39, 0.29) is 17.7 Å². The van der Waals surface area contributed by atoms with Crippen molar-refractivity contribution >= 4 is 24.0 Å². The number of aldehydes is 1. The summed E-state index contributed by atoms with van der Waals surface area (Å²) < 4.78 is 2.31. The highest BCUT2D eigenvalue weighted by Gasteiger charge is 2.24. The van der Waals surface area contributed by atoms with Crippen LogP contribution in [0.15, 0.2) is 65.7 Å². The van der Waals surface area contributed by atoms with E-state index in [0.29, 0.717) is 12.8 Å². The average Bonchev–Trinajstić information content (AvgIpc) is 3.19. The number of benzene rings is 2. The van der Waals surface area contributed by atoms with Gasteiger partial charge >= 0.3 is 0 Å². The van der Waals surface area contributed by atoms with E-state index in [0.717, 1.165) is 55.0 Å². The van der Waals surface area contributed by atoms with Crippen molar-refractivity contribution in [1.29, 1.82) is 0 Å². The van der Waals surface area contributed by atoms with Crippen LogP contribution in [0.1, 0.15) is 69.2 Å². The molecule has 4 rings (SSSR count). The lowest BCUT2D eigenvalue weighted by Gasteiger charge is -2.19. The lowest BCUT2D eigenvalue weighted by atomic mass is 9.86. The maximum atomic E-state index is 12.6. The van der Waals surface area contributed by atoms with E-state index in [1.165, 1.54) is 16.7 Å². The molecule has 5 heteroatoms. The molecule has 1 heterocycles. The predicted octanol–water partition coefficient (Wildman–Crippen LogP) is 6.48. The molecule has 1 amide bonds. The van der Waals surface area contributed by atoms with Gasteiger partial charge in [-0.2, -0.15) is 0 Å². The number of imidazole rings is 1. The summed E-state index contributed by atoms with van der Waals surface area (Å²) in [5.41, 5.74) is 6.05. The SMILES string of the molecule is CCCCc1nc2c(n1Cc1cccc(-c3ccccc3)c1)CC(=NC(=O)CC(C)(C)CC=O)C=C2. The van der Waals surface area contributed by atoms with Crippen LogP contribution in [-0.4, -0.2) is 27.5 Å².